The predicted molar refractivity (Wildman–Crippen MR) is 81.9 cm³/mol. The third kappa shape index (κ3) is 2.94. The van der Waals surface area contributed by atoms with E-state index in [9.17, 15) is 0 Å². The van der Waals surface area contributed by atoms with Gasteiger partial charge in [0.2, 0.25) is 0 Å². The van der Waals surface area contributed by atoms with Gasteiger partial charge in [-0.05, 0) is 49.9 Å². The Morgan fingerprint density at radius 1 is 1.05 bits per heavy atom. The van der Waals surface area contributed by atoms with Crippen molar-refractivity contribution in [3.8, 4) is 0 Å². The van der Waals surface area contributed by atoms with E-state index in [1.807, 2.05) is 0 Å². The summed E-state index contributed by atoms with van der Waals surface area (Å²) in [4.78, 5) is 5.30. The van der Waals surface area contributed by atoms with Crippen molar-refractivity contribution >= 4 is 5.69 Å². The Hall–Kier alpha value is -1.02. The van der Waals surface area contributed by atoms with Gasteiger partial charge in [-0.1, -0.05) is 25.5 Å². The first-order valence-electron chi connectivity index (χ1n) is 7.95. The number of hydrogen-bond acceptors (Lipinski definition) is 2. The Morgan fingerprint density at radius 2 is 1.84 bits per heavy atom. The Balaban J connectivity index is 1.70. The number of aryl methyl sites for hydroxylation is 1. The second-order valence-electron chi connectivity index (χ2n) is 6.05. The van der Waals surface area contributed by atoms with E-state index in [4.69, 9.17) is 0 Å². The van der Waals surface area contributed by atoms with Crippen LogP contribution in [0.2, 0.25) is 0 Å². The first-order chi connectivity index (χ1) is 9.36. The minimum Gasteiger partial charge on any atom is -0.370 e. The van der Waals surface area contributed by atoms with Crippen molar-refractivity contribution in [3.05, 3.63) is 29.8 Å². The molecule has 0 spiro atoms. The molecular formula is C17H26N2. The van der Waals surface area contributed by atoms with Crippen LogP contribution in [-0.2, 0) is 6.42 Å². The van der Waals surface area contributed by atoms with Crippen molar-refractivity contribution in [3.63, 3.8) is 0 Å². The molecule has 2 heterocycles. The third-order valence-electron chi connectivity index (χ3n) is 4.64. The topological polar surface area (TPSA) is 6.48 Å². The summed E-state index contributed by atoms with van der Waals surface area (Å²) in [5.74, 6) is 0. The van der Waals surface area contributed by atoms with Gasteiger partial charge in [0.25, 0.3) is 0 Å². The summed E-state index contributed by atoms with van der Waals surface area (Å²) in [7, 11) is 0. The Labute approximate surface area is 117 Å². The molecule has 0 radical (unpaired) electrons. The molecule has 104 valence electrons. The lowest BCUT2D eigenvalue weighted by Gasteiger charge is -2.27. The Bertz CT molecular complexity index is 398. The molecule has 0 bridgehead atoms. The van der Waals surface area contributed by atoms with Gasteiger partial charge in [0.15, 0.2) is 0 Å². The molecule has 0 N–H and O–H groups in total. The molecule has 1 aromatic carbocycles. The maximum Gasteiger partial charge on any atom is 0.0366 e. The molecule has 0 amide bonds. The Kier molecular flexibility index (Phi) is 4.07. The summed E-state index contributed by atoms with van der Waals surface area (Å²) < 4.78 is 0. The fourth-order valence-electron chi connectivity index (χ4n) is 3.60. The molecule has 2 aliphatic rings. The molecule has 3 rings (SSSR count). The minimum atomic E-state index is 0.804. The van der Waals surface area contributed by atoms with Crippen LogP contribution >= 0.6 is 0 Å². The number of benzene rings is 1. The monoisotopic (exact) mass is 258 g/mol. The van der Waals surface area contributed by atoms with Crippen molar-refractivity contribution in [2.75, 3.05) is 31.1 Å². The molecule has 1 aromatic rings. The quantitative estimate of drug-likeness (QED) is 0.820. The molecule has 2 saturated heterocycles. The van der Waals surface area contributed by atoms with Crippen LogP contribution in [-0.4, -0.2) is 37.1 Å². The van der Waals surface area contributed by atoms with E-state index < -0.39 is 0 Å². The summed E-state index contributed by atoms with van der Waals surface area (Å²) in [6.07, 6.45) is 6.54. The van der Waals surface area contributed by atoms with Crippen molar-refractivity contribution in [1.82, 2.24) is 4.90 Å². The molecule has 1 atom stereocenters. The molecule has 2 nitrogen and oxygen atoms in total. The van der Waals surface area contributed by atoms with Crippen LogP contribution in [0.3, 0.4) is 0 Å². The van der Waals surface area contributed by atoms with Crippen LogP contribution < -0.4 is 4.90 Å². The average Bonchev–Trinajstić information content (AvgIpc) is 2.77. The van der Waals surface area contributed by atoms with Gasteiger partial charge in [-0.3, -0.25) is 4.90 Å². The van der Waals surface area contributed by atoms with Gasteiger partial charge in [-0.2, -0.15) is 0 Å². The molecule has 0 saturated carbocycles. The maximum absolute atomic E-state index is 2.70. The summed E-state index contributed by atoms with van der Waals surface area (Å²) in [6.45, 7) is 7.33. The normalized spacial score (nSPS) is 24.3. The summed E-state index contributed by atoms with van der Waals surface area (Å²) >= 11 is 0. The molecule has 0 aromatic heterocycles. The highest BCUT2D eigenvalue weighted by Gasteiger charge is 2.28. The number of rotatable bonds is 3. The molecule has 0 aliphatic carbocycles. The van der Waals surface area contributed by atoms with Gasteiger partial charge in [0.05, 0.1) is 0 Å². The van der Waals surface area contributed by atoms with Crippen LogP contribution in [0, 0.1) is 0 Å². The van der Waals surface area contributed by atoms with Crippen LogP contribution in [0.1, 0.15) is 38.2 Å². The molecule has 1 unspecified atom stereocenters. The highest BCUT2D eigenvalue weighted by molar-refractivity contribution is 5.48. The van der Waals surface area contributed by atoms with Crippen molar-refractivity contribution in [2.24, 2.45) is 0 Å². The van der Waals surface area contributed by atoms with Crippen LogP contribution in [0.5, 0.6) is 0 Å². The molecule has 2 aliphatic heterocycles. The van der Waals surface area contributed by atoms with Crippen LogP contribution in [0.25, 0.3) is 0 Å². The lowest BCUT2D eigenvalue weighted by Crippen LogP contribution is -2.36. The fraction of sp³-hybridized carbons (Fsp3) is 0.647. The zero-order chi connectivity index (χ0) is 13.1. The largest absolute Gasteiger partial charge is 0.370 e. The first-order valence-corrected chi connectivity index (χ1v) is 7.95. The van der Waals surface area contributed by atoms with Gasteiger partial charge in [-0.25, -0.2) is 0 Å². The standard InChI is InChI=1S/C17H26N2/c1-2-5-15-7-9-16(10-8-15)19-13-4-12-18-11-3-6-17(18)14-19/h7-10,17H,2-6,11-14H2,1H3. The van der Waals surface area contributed by atoms with Crippen LogP contribution in [0.15, 0.2) is 24.3 Å². The smallest absolute Gasteiger partial charge is 0.0366 e. The van der Waals surface area contributed by atoms with E-state index in [1.54, 1.807) is 0 Å². The number of nitrogens with zero attached hydrogens (tertiary/aromatic N) is 2. The van der Waals surface area contributed by atoms with E-state index >= 15 is 0 Å². The first kappa shape index (κ1) is 13.0. The van der Waals surface area contributed by atoms with Crippen molar-refractivity contribution in [1.29, 1.82) is 0 Å². The SMILES string of the molecule is CCCc1ccc(N2CCCN3CCCC3C2)cc1. The van der Waals surface area contributed by atoms with Crippen molar-refractivity contribution in [2.45, 2.75) is 45.1 Å². The lowest BCUT2D eigenvalue weighted by molar-refractivity contribution is 0.273. The van der Waals surface area contributed by atoms with Gasteiger partial charge in [0, 0.05) is 31.4 Å². The van der Waals surface area contributed by atoms with Crippen molar-refractivity contribution < 1.29 is 0 Å². The van der Waals surface area contributed by atoms with E-state index in [1.165, 1.54) is 69.5 Å². The number of fused-ring (bicyclic) bond motifs is 1. The molecule has 2 heteroatoms. The average molecular weight is 258 g/mol. The summed E-state index contributed by atoms with van der Waals surface area (Å²) in [6, 6.07) is 10.1. The molecule has 2 fully saturated rings. The highest BCUT2D eigenvalue weighted by Crippen LogP contribution is 2.25. The maximum atomic E-state index is 2.70. The zero-order valence-corrected chi connectivity index (χ0v) is 12.1. The second-order valence-corrected chi connectivity index (χ2v) is 6.05. The summed E-state index contributed by atoms with van der Waals surface area (Å²) in [5.41, 5.74) is 2.90. The highest BCUT2D eigenvalue weighted by atomic mass is 15.3. The van der Waals surface area contributed by atoms with E-state index in [2.05, 4.69) is 41.0 Å². The molecular weight excluding hydrogens is 232 g/mol. The third-order valence-corrected chi connectivity index (χ3v) is 4.64. The number of hydrogen-bond donors (Lipinski definition) is 0. The van der Waals surface area contributed by atoms with Crippen LogP contribution in [0.4, 0.5) is 5.69 Å². The van der Waals surface area contributed by atoms with Gasteiger partial charge < -0.3 is 4.90 Å². The van der Waals surface area contributed by atoms with Gasteiger partial charge in [-0.15, -0.1) is 0 Å². The second kappa shape index (κ2) is 5.96. The lowest BCUT2D eigenvalue weighted by atomic mass is 10.1. The number of anilines is 1. The van der Waals surface area contributed by atoms with Gasteiger partial charge in [0.1, 0.15) is 0 Å². The van der Waals surface area contributed by atoms with Gasteiger partial charge >= 0.3 is 0 Å². The minimum absolute atomic E-state index is 0.804. The Morgan fingerprint density at radius 3 is 2.63 bits per heavy atom. The fourth-order valence-corrected chi connectivity index (χ4v) is 3.60. The van der Waals surface area contributed by atoms with E-state index in [-0.39, 0.29) is 0 Å². The summed E-state index contributed by atoms with van der Waals surface area (Å²) in [5, 5.41) is 0. The molecule has 19 heavy (non-hydrogen) atoms. The van der Waals surface area contributed by atoms with E-state index in [0.717, 1.165) is 6.04 Å². The predicted octanol–water partition coefficient (Wildman–Crippen LogP) is 3.31. The zero-order valence-electron chi connectivity index (χ0n) is 12.1. The van der Waals surface area contributed by atoms with E-state index in [0.29, 0.717) is 0 Å².